The van der Waals surface area contributed by atoms with E-state index < -0.39 is 5.97 Å². The van der Waals surface area contributed by atoms with Gasteiger partial charge in [0.05, 0.1) is 0 Å². The van der Waals surface area contributed by atoms with Crippen LogP contribution >= 0.6 is 0 Å². The second-order valence-corrected chi connectivity index (χ2v) is 4.63. The third kappa shape index (κ3) is 2.96. The van der Waals surface area contributed by atoms with Gasteiger partial charge in [-0.05, 0) is 17.7 Å². The number of aromatic carboxylic acids is 1. The van der Waals surface area contributed by atoms with E-state index in [1.165, 1.54) is 6.07 Å². The van der Waals surface area contributed by atoms with E-state index in [4.69, 9.17) is 9.84 Å². The minimum Gasteiger partial charge on any atom is -0.477 e. The molecule has 0 saturated heterocycles. The number of benzene rings is 2. The van der Waals surface area contributed by atoms with Crippen molar-refractivity contribution in [3.05, 3.63) is 78.5 Å². The summed E-state index contributed by atoms with van der Waals surface area (Å²) < 4.78 is 5.78. The first kappa shape index (κ1) is 13.8. The van der Waals surface area contributed by atoms with Crippen LogP contribution in [0.5, 0.6) is 11.6 Å². The van der Waals surface area contributed by atoms with Crippen molar-refractivity contribution in [2.75, 3.05) is 0 Å². The van der Waals surface area contributed by atoms with Gasteiger partial charge >= 0.3 is 5.97 Å². The summed E-state index contributed by atoms with van der Waals surface area (Å²) in [6, 6.07) is 22.1. The van der Waals surface area contributed by atoms with Crippen molar-refractivity contribution >= 4 is 5.97 Å². The van der Waals surface area contributed by atoms with Crippen molar-refractivity contribution in [1.82, 2.24) is 4.98 Å². The highest BCUT2D eigenvalue weighted by Crippen LogP contribution is 2.32. The van der Waals surface area contributed by atoms with E-state index in [9.17, 15) is 4.79 Å². The Hall–Kier alpha value is -3.14. The van der Waals surface area contributed by atoms with Gasteiger partial charge in [-0.15, -0.1) is 0 Å². The maximum atomic E-state index is 11.0. The molecule has 4 heteroatoms. The summed E-state index contributed by atoms with van der Waals surface area (Å²) >= 11 is 0. The molecule has 0 bridgehead atoms. The molecule has 2 aromatic carbocycles. The fourth-order valence-electron chi connectivity index (χ4n) is 2.12. The molecule has 0 aliphatic carbocycles. The van der Waals surface area contributed by atoms with Crippen LogP contribution in [-0.4, -0.2) is 16.1 Å². The smallest absolute Gasteiger partial charge is 0.354 e. The van der Waals surface area contributed by atoms with Gasteiger partial charge in [0.1, 0.15) is 5.75 Å². The number of nitrogens with zero attached hydrogens (tertiary/aromatic N) is 1. The molecule has 0 unspecified atom stereocenters. The third-order valence-corrected chi connectivity index (χ3v) is 3.13. The second kappa shape index (κ2) is 6.10. The average Bonchev–Trinajstić information content (AvgIpc) is 2.56. The molecule has 0 spiro atoms. The summed E-state index contributed by atoms with van der Waals surface area (Å²) in [5.41, 5.74) is 1.90. The molecular weight excluding hydrogens is 278 g/mol. The Morgan fingerprint density at radius 2 is 1.59 bits per heavy atom. The number of hydrogen-bond acceptors (Lipinski definition) is 3. The fourth-order valence-corrected chi connectivity index (χ4v) is 2.12. The van der Waals surface area contributed by atoms with Crippen molar-refractivity contribution in [3.8, 4) is 22.8 Å². The summed E-state index contributed by atoms with van der Waals surface area (Å²) in [5, 5.41) is 8.99. The van der Waals surface area contributed by atoms with Gasteiger partial charge in [-0.3, -0.25) is 0 Å². The normalized spacial score (nSPS) is 10.2. The molecule has 3 aromatic rings. The summed E-state index contributed by atoms with van der Waals surface area (Å²) in [5.74, 6) is -0.200. The standard InChI is InChI=1S/C18H13NO3/c20-18(21)15-10-6-12-17(19-15)22-16-11-5-4-9-14(16)13-7-2-1-3-8-13/h1-12H,(H,20,21). The van der Waals surface area contributed by atoms with E-state index in [0.29, 0.717) is 5.75 Å². The molecule has 0 radical (unpaired) electrons. The topological polar surface area (TPSA) is 59.4 Å². The Morgan fingerprint density at radius 1 is 0.864 bits per heavy atom. The van der Waals surface area contributed by atoms with Crippen LogP contribution in [-0.2, 0) is 0 Å². The van der Waals surface area contributed by atoms with Crippen LogP contribution in [0.1, 0.15) is 10.5 Å². The summed E-state index contributed by atoms with van der Waals surface area (Å²) in [4.78, 5) is 15.0. The molecule has 108 valence electrons. The van der Waals surface area contributed by atoms with E-state index in [2.05, 4.69) is 4.98 Å². The maximum absolute atomic E-state index is 11.0. The predicted molar refractivity (Wildman–Crippen MR) is 83.1 cm³/mol. The number of pyridine rings is 1. The zero-order valence-electron chi connectivity index (χ0n) is 11.6. The van der Waals surface area contributed by atoms with Crippen LogP contribution in [0, 0.1) is 0 Å². The van der Waals surface area contributed by atoms with Gasteiger partial charge in [-0.1, -0.05) is 54.6 Å². The zero-order chi connectivity index (χ0) is 15.4. The van der Waals surface area contributed by atoms with E-state index in [-0.39, 0.29) is 11.6 Å². The van der Waals surface area contributed by atoms with Crippen molar-refractivity contribution in [3.63, 3.8) is 0 Å². The molecule has 0 fully saturated rings. The lowest BCUT2D eigenvalue weighted by molar-refractivity contribution is 0.0689. The first-order valence-corrected chi connectivity index (χ1v) is 6.77. The number of rotatable bonds is 4. The van der Waals surface area contributed by atoms with E-state index >= 15 is 0 Å². The lowest BCUT2D eigenvalue weighted by Gasteiger charge is -2.10. The zero-order valence-corrected chi connectivity index (χ0v) is 11.6. The number of carboxylic acid groups (broad SMARTS) is 1. The Labute approximate surface area is 127 Å². The number of para-hydroxylation sites is 1. The van der Waals surface area contributed by atoms with E-state index in [1.807, 2.05) is 54.6 Å². The van der Waals surface area contributed by atoms with Crippen molar-refractivity contribution in [1.29, 1.82) is 0 Å². The Morgan fingerprint density at radius 3 is 2.36 bits per heavy atom. The Kier molecular flexibility index (Phi) is 3.83. The Bertz CT molecular complexity index is 800. The van der Waals surface area contributed by atoms with Gasteiger partial charge in [-0.2, -0.15) is 0 Å². The molecule has 1 heterocycles. The van der Waals surface area contributed by atoms with Crippen LogP contribution in [0.4, 0.5) is 0 Å². The molecule has 1 aromatic heterocycles. The number of hydrogen-bond donors (Lipinski definition) is 1. The number of aromatic nitrogens is 1. The van der Waals surface area contributed by atoms with Crippen LogP contribution in [0.15, 0.2) is 72.8 Å². The number of carboxylic acids is 1. The van der Waals surface area contributed by atoms with Gasteiger partial charge in [0.15, 0.2) is 5.69 Å². The van der Waals surface area contributed by atoms with Crippen molar-refractivity contribution < 1.29 is 14.6 Å². The van der Waals surface area contributed by atoms with Gasteiger partial charge in [0.2, 0.25) is 5.88 Å². The van der Waals surface area contributed by atoms with Crippen molar-refractivity contribution in [2.45, 2.75) is 0 Å². The monoisotopic (exact) mass is 291 g/mol. The third-order valence-electron chi connectivity index (χ3n) is 3.13. The first-order chi connectivity index (χ1) is 10.7. The maximum Gasteiger partial charge on any atom is 0.354 e. The molecule has 4 nitrogen and oxygen atoms in total. The van der Waals surface area contributed by atoms with Gasteiger partial charge < -0.3 is 9.84 Å². The average molecular weight is 291 g/mol. The lowest BCUT2D eigenvalue weighted by atomic mass is 10.1. The Balaban J connectivity index is 1.97. The number of carbonyl (C=O) groups is 1. The highest BCUT2D eigenvalue weighted by molar-refractivity contribution is 5.85. The van der Waals surface area contributed by atoms with Crippen molar-refractivity contribution in [2.24, 2.45) is 0 Å². The predicted octanol–water partition coefficient (Wildman–Crippen LogP) is 4.24. The fraction of sp³-hybridized carbons (Fsp3) is 0. The van der Waals surface area contributed by atoms with E-state index in [0.717, 1.165) is 11.1 Å². The molecule has 3 rings (SSSR count). The molecular formula is C18H13NO3. The second-order valence-electron chi connectivity index (χ2n) is 4.63. The largest absolute Gasteiger partial charge is 0.477 e. The molecule has 0 amide bonds. The van der Waals surface area contributed by atoms with Crippen LogP contribution in [0.3, 0.4) is 0 Å². The summed E-state index contributed by atoms with van der Waals surface area (Å²) in [6.45, 7) is 0. The van der Waals surface area contributed by atoms with Gasteiger partial charge in [0, 0.05) is 11.6 Å². The first-order valence-electron chi connectivity index (χ1n) is 6.77. The SMILES string of the molecule is O=C(O)c1cccc(Oc2ccccc2-c2ccccc2)n1. The quantitative estimate of drug-likeness (QED) is 0.781. The highest BCUT2D eigenvalue weighted by Gasteiger charge is 2.09. The van der Waals surface area contributed by atoms with Gasteiger partial charge in [0.25, 0.3) is 0 Å². The molecule has 0 atom stereocenters. The molecule has 0 saturated carbocycles. The molecule has 0 aliphatic rings. The molecule has 0 aliphatic heterocycles. The minimum atomic E-state index is -1.08. The van der Waals surface area contributed by atoms with Crippen LogP contribution in [0.25, 0.3) is 11.1 Å². The molecule has 22 heavy (non-hydrogen) atoms. The van der Waals surface area contributed by atoms with Crippen LogP contribution in [0.2, 0.25) is 0 Å². The lowest BCUT2D eigenvalue weighted by Crippen LogP contribution is -2.01. The summed E-state index contributed by atoms with van der Waals surface area (Å²) in [6.07, 6.45) is 0. The number of ether oxygens (including phenoxy) is 1. The summed E-state index contributed by atoms with van der Waals surface area (Å²) in [7, 11) is 0. The minimum absolute atomic E-state index is 0.0466. The van der Waals surface area contributed by atoms with E-state index in [1.54, 1.807) is 12.1 Å². The van der Waals surface area contributed by atoms with Crippen LogP contribution < -0.4 is 4.74 Å². The highest BCUT2D eigenvalue weighted by atomic mass is 16.5. The molecule has 1 N–H and O–H groups in total. The van der Waals surface area contributed by atoms with Gasteiger partial charge in [-0.25, -0.2) is 9.78 Å².